The number of aliphatic imine (C=N–C) groups is 1. The van der Waals surface area contributed by atoms with E-state index in [4.69, 9.17) is 5.73 Å². The van der Waals surface area contributed by atoms with E-state index >= 15 is 0 Å². The minimum Gasteiger partial charge on any atom is -0.384 e. The van der Waals surface area contributed by atoms with Gasteiger partial charge in [0.05, 0.1) is 0 Å². The number of nitrogens with one attached hydrogen (secondary N) is 1. The number of carbonyl (C=O) groups excluding carboxylic acids is 1. The molecule has 5 rings (SSSR count). The van der Waals surface area contributed by atoms with Crippen LogP contribution in [0.4, 0.5) is 0 Å². The molecule has 0 unspecified atom stereocenters. The Morgan fingerprint density at radius 1 is 0.971 bits per heavy atom. The molecule has 1 heterocycles. The maximum absolute atomic E-state index is 13.4. The molecule has 1 amide bonds. The number of nitrogens with two attached hydrogens (primary N) is 1. The SMILES string of the molecule is CCN=C(N)c1ccc2cc(C(=O)NC3CCCCC3)n(Cc3ccc4ccccc4c3)c2c1. The van der Waals surface area contributed by atoms with Crippen LogP contribution in [0.1, 0.15) is 60.6 Å². The predicted molar refractivity (Wildman–Crippen MR) is 141 cm³/mol. The Hall–Kier alpha value is -3.60. The summed E-state index contributed by atoms with van der Waals surface area (Å²) < 4.78 is 2.13. The number of nitrogens with zero attached hydrogens (tertiary/aromatic N) is 2. The van der Waals surface area contributed by atoms with Crippen LogP contribution in [-0.2, 0) is 6.54 Å². The highest BCUT2D eigenvalue weighted by Crippen LogP contribution is 2.25. The van der Waals surface area contributed by atoms with E-state index in [2.05, 4.69) is 63.4 Å². The summed E-state index contributed by atoms with van der Waals surface area (Å²) in [6.07, 6.45) is 5.75. The molecular formula is C29H32N4O. The lowest BCUT2D eigenvalue weighted by molar-refractivity contribution is 0.0919. The van der Waals surface area contributed by atoms with Gasteiger partial charge in [0.25, 0.3) is 5.91 Å². The topological polar surface area (TPSA) is 72.4 Å². The van der Waals surface area contributed by atoms with Crippen molar-refractivity contribution in [3.8, 4) is 0 Å². The van der Waals surface area contributed by atoms with E-state index in [0.717, 1.165) is 34.9 Å². The largest absolute Gasteiger partial charge is 0.384 e. The maximum atomic E-state index is 13.4. The molecule has 34 heavy (non-hydrogen) atoms. The van der Waals surface area contributed by atoms with Crippen LogP contribution < -0.4 is 11.1 Å². The van der Waals surface area contributed by atoms with Crippen LogP contribution in [-0.4, -0.2) is 28.9 Å². The van der Waals surface area contributed by atoms with Crippen molar-refractivity contribution >= 4 is 33.4 Å². The number of benzene rings is 3. The van der Waals surface area contributed by atoms with Gasteiger partial charge in [-0.05, 0) is 54.3 Å². The smallest absolute Gasteiger partial charge is 0.268 e. The number of rotatable bonds is 6. The Morgan fingerprint density at radius 3 is 2.53 bits per heavy atom. The molecule has 0 saturated heterocycles. The highest BCUT2D eigenvalue weighted by Gasteiger charge is 2.21. The maximum Gasteiger partial charge on any atom is 0.268 e. The second-order valence-electron chi connectivity index (χ2n) is 9.24. The van der Waals surface area contributed by atoms with Gasteiger partial charge in [0, 0.05) is 35.6 Å². The van der Waals surface area contributed by atoms with E-state index in [9.17, 15) is 4.79 Å². The number of aromatic nitrogens is 1. The fourth-order valence-electron chi connectivity index (χ4n) is 5.06. The molecule has 0 aliphatic heterocycles. The van der Waals surface area contributed by atoms with Crippen molar-refractivity contribution < 1.29 is 4.79 Å². The highest BCUT2D eigenvalue weighted by atomic mass is 16.2. The van der Waals surface area contributed by atoms with Crippen molar-refractivity contribution in [1.82, 2.24) is 9.88 Å². The van der Waals surface area contributed by atoms with Crippen LogP contribution in [0.5, 0.6) is 0 Å². The Bertz CT molecular complexity index is 1360. The molecule has 1 aliphatic carbocycles. The summed E-state index contributed by atoms with van der Waals surface area (Å²) in [5, 5.41) is 6.74. The summed E-state index contributed by atoms with van der Waals surface area (Å²) in [5.74, 6) is 0.525. The monoisotopic (exact) mass is 452 g/mol. The number of amides is 1. The summed E-state index contributed by atoms with van der Waals surface area (Å²) in [5.41, 5.74) is 9.94. The van der Waals surface area contributed by atoms with E-state index < -0.39 is 0 Å². The van der Waals surface area contributed by atoms with Gasteiger partial charge in [-0.1, -0.05) is 67.8 Å². The summed E-state index contributed by atoms with van der Waals surface area (Å²) in [7, 11) is 0. The fraction of sp³-hybridized carbons (Fsp3) is 0.310. The average molecular weight is 453 g/mol. The van der Waals surface area contributed by atoms with Crippen molar-refractivity contribution in [1.29, 1.82) is 0 Å². The van der Waals surface area contributed by atoms with Crippen LogP contribution in [0.2, 0.25) is 0 Å². The Morgan fingerprint density at radius 2 is 1.74 bits per heavy atom. The van der Waals surface area contributed by atoms with Gasteiger partial charge >= 0.3 is 0 Å². The van der Waals surface area contributed by atoms with Gasteiger partial charge in [0.15, 0.2) is 0 Å². The molecule has 3 N–H and O–H groups in total. The molecule has 0 atom stereocenters. The predicted octanol–water partition coefficient (Wildman–Crippen LogP) is 5.63. The molecule has 1 aromatic heterocycles. The third-order valence-electron chi connectivity index (χ3n) is 6.86. The summed E-state index contributed by atoms with van der Waals surface area (Å²) in [6.45, 7) is 3.22. The van der Waals surface area contributed by atoms with Gasteiger partial charge in [-0.2, -0.15) is 0 Å². The van der Waals surface area contributed by atoms with Crippen molar-refractivity contribution in [2.24, 2.45) is 10.7 Å². The second-order valence-corrected chi connectivity index (χ2v) is 9.24. The lowest BCUT2D eigenvalue weighted by Gasteiger charge is -2.23. The molecule has 1 fully saturated rings. The zero-order valence-corrected chi connectivity index (χ0v) is 19.8. The number of amidine groups is 1. The van der Waals surface area contributed by atoms with E-state index in [1.54, 1.807) is 0 Å². The van der Waals surface area contributed by atoms with Crippen molar-refractivity contribution in [3.63, 3.8) is 0 Å². The quantitative estimate of drug-likeness (QED) is 0.294. The van der Waals surface area contributed by atoms with Gasteiger partial charge in [-0.3, -0.25) is 9.79 Å². The number of fused-ring (bicyclic) bond motifs is 2. The minimum absolute atomic E-state index is 0.000589. The molecule has 1 saturated carbocycles. The third kappa shape index (κ3) is 4.56. The number of hydrogen-bond acceptors (Lipinski definition) is 2. The molecule has 5 nitrogen and oxygen atoms in total. The van der Waals surface area contributed by atoms with Crippen LogP contribution in [0.25, 0.3) is 21.7 Å². The fourth-order valence-corrected chi connectivity index (χ4v) is 5.06. The van der Waals surface area contributed by atoms with Gasteiger partial charge < -0.3 is 15.6 Å². The first-order valence-electron chi connectivity index (χ1n) is 12.3. The average Bonchev–Trinajstić information content (AvgIpc) is 3.22. The van der Waals surface area contributed by atoms with Gasteiger partial charge in [-0.25, -0.2) is 0 Å². The summed E-state index contributed by atoms with van der Waals surface area (Å²) in [6, 6.07) is 23.2. The molecule has 174 valence electrons. The first-order valence-corrected chi connectivity index (χ1v) is 12.3. The first kappa shape index (κ1) is 22.2. The molecule has 0 spiro atoms. The summed E-state index contributed by atoms with van der Waals surface area (Å²) in [4.78, 5) is 17.8. The third-order valence-corrected chi connectivity index (χ3v) is 6.86. The molecule has 4 aromatic rings. The van der Waals surface area contributed by atoms with E-state index in [0.29, 0.717) is 24.6 Å². The number of hydrogen-bond donors (Lipinski definition) is 2. The molecule has 0 bridgehead atoms. The van der Waals surface area contributed by atoms with Crippen LogP contribution >= 0.6 is 0 Å². The van der Waals surface area contributed by atoms with Crippen molar-refractivity contribution in [2.75, 3.05) is 6.54 Å². The zero-order chi connectivity index (χ0) is 23.5. The highest BCUT2D eigenvalue weighted by molar-refractivity contribution is 6.03. The van der Waals surface area contributed by atoms with E-state index in [1.807, 2.05) is 25.1 Å². The van der Waals surface area contributed by atoms with Gasteiger partial charge in [0.1, 0.15) is 11.5 Å². The Kier molecular flexibility index (Phi) is 6.35. The molecule has 5 heteroatoms. The molecule has 3 aromatic carbocycles. The lowest BCUT2D eigenvalue weighted by Crippen LogP contribution is -2.37. The van der Waals surface area contributed by atoms with Gasteiger partial charge in [0.2, 0.25) is 0 Å². The van der Waals surface area contributed by atoms with E-state index in [1.165, 1.54) is 30.0 Å². The number of carbonyl (C=O) groups is 1. The van der Waals surface area contributed by atoms with Crippen LogP contribution in [0.3, 0.4) is 0 Å². The zero-order valence-electron chi connectivity index (χ0n) is 19.8. The minimum atomic E-state index is 0.000589. The van der Waals surface area contributed by atoms with Crippen LogP contribution in [0, 0.1) is 0 Å². The van der Waals surface area contributed by atoms with Crippen molar-refractivity contribution in [2.45, 2.75) is 51.6 Å². The Balaban J connectivity index is 1.57. The Labute approximate surface area is 200 Å². The van der Waals surface area contributed by atoms with Crippen molar-refractivity contribution in [3.05, 3.63) is 83.6 Å². The molecule has 0 radical (unpaired) electrons. The lowest BCUT2D eigenvalue weighted by atomic mass is 9.95. The molecular weight excluding hydrogens is 420 g/mol. The molecule has 1 aliphatic rings. The second kappa shape index (κ2) is 9.72. The van der Waals surface area contributed by atoms with E-state index in [-0.39, 0.29) is 11.9 Å². The summed E-state index contributed by atoms with van der Waals surface area (Å²) >= 11 is 0. The standard InChI is InChI=1S/C29H32N4O/c1-2-31-28(30)24-15-14-23-17-27(29(34)32-25-10-4-3-5-11-25)33(26(23)18-24)19-20-12-13-21-8-6-7-9-22(21)16-20/h6-9,12-18,25H,2-5,10-11,19H2,1H3,(H2,30,31)(H,32,34). The normalized spacial score (nSPS) is 15.1. The van der Waals surface area contributed by atoms with Crippen LogP contribution in [0.15, 0.2) is 71.7 Å². The first-order chi connectivity index (χ1) is 16.6. The van der Waals surface area contributed by atoms with Gasteiger partial charge in [-0.15, -0.1) is 0 Å².